The molecule has 2 aromatic heterocycles. The molecule has 1 aliphatic rings. The number of halogens is 2. The molecular formula is C15H19F2N3. The molecule has 0 atom stereocenters. The lowest BCUT2D eigenvalue weighted by molar-refractivity contribution is -0.0883. The highest BCUT2D eigenvalue weighted by Crippen LogP contribution is 2.47. The van der Waals surface area contributed by atoms with Gasteiger partial charge >= 0.3 is 0 Å². The van der Waals surface area contributed by atoms with Crippen LogP contribution in [0.5, 0.6) is 0 Å². The van der Waals surface area contributed by atoms with Gasteiger partial charge in [-0.3, -0.25) is 4.98 Å². The van der Waals surface area contributed by atoms with Crippen LogP contribution in [-0.4, -0.2) is 20.9 Å². The molecule has 0 aromatic carbocycles. The van der Waals surface area contributed by atoms with Crippen molar-refractivity contribution in [3.05, 3.63) is 47.8 Å². The summed E-state index contributed by atoms with van der Waals surface area (Å²) in [6, 6.07) is 3.86. The number of hydrogen-bond donors (Lipinski definition) is 1. The Labute approximate surface area is 117 Å². The van der Waals surface area contributed by atoms with Crippen LogP contribution in [0.4, 0.5) is 8.78 Å². The van der Waals surface area contributed by atoms with E-state index in [1.54, 1.807) is 18.6 Å². The molecule has 2 aromatic rings. The van der Waals surface area contributed by atoms with E-state index in [4.69, 9.17) is 0 Å². The summed E-state index contributed by atoms with van der Waals surface area (Å²) >= 11 is 0. The molecule has 3 rings (SSSR count). The van der Waals surface area contributed by atoms with Crippen molar-refractivity contribution in [3.63, 3.8) is 0 Å². The van der Waals surface area contributed by atoms with Crippen LogP contribution in [0.1, 0.15) is 49.7 Å². The summed E-state index contributed by atoms with van der Waals surface area (Å²) < 4.78 is 25.6. The second-order valence-electron chi connectivity index (χ2n) is 4.79. The van der Waals surface area contributed by atoms with Crippen molar-refractivity contribution in [1.82, 2.24) is 15.0 Å². The summed E-state index contributed by atoms with van der Waals surface area (Å²) in [5.74, 6) is -1.93. The van der Waals surface area contributed by atoms with Crippen LogP contribution in [0, 0.1) is 0 Å². The van der Waals surface area contributed by atoms with E-state index in [-0.39, 0.29) is 18.8 Å². The second-order valence-corrected chi connectivity index (χ2v) is 4.79. The van der Waals surface area contributed by atoms with Crippen molar-refractivity contribution >= 4 is 0 Å². The molecule has 0 radical (unpaired) electrons. The highest BCUT2D eigenvalue weighted by molar-refractivity contribution is 5.19. The Balaban J connectivity index is 0.000000704. The summed E-state index contributed by atoms with van der Waals surface area (Å²) in [7, 11) is 0. The van der Waals surface area contributed by atoms with Crippen LogP contribution in [-0.2, 0) is 6.42 Å². The molecule has 5 heteroatoms. The third-order valence-electron chi connectivity index (χ3n) is 3.27. The van der Waals surface area contributed by atoms with Crippen LogP contribution in [0.2, 0.25) is 0 Å². The van der Waals surface area contributed by atoms with Crippen molar-refractivity contribution in [2.45, 2.75) is 45.0 Å². The molecule has 0 spiro atoms. The number of alkyl halides is 2. The predicted octanol–water partition coefficient (Wildman–Crippen LogP) is 3.93. The number of imidazole rings is 1. The quantitative estimate of drug-likeness (QED) is 0.924. The highest BCUT2D eigenvalue weighted by Gasteiger charge is 2.47. The third kappa shape index (κ3) is 3.40. The lowest BCUT2D eigenvalue weighted by Crippen LogP contribution is -2.34. The molecule has 0 unspecified atom stereocenters. The smallest absolute Gasteiger partial charge is 0.249 e. The van der Waals surface area contributed by atoms with Crippen molar-refractivity contribution in [1.29, 1.82) is 0 Å². The van der Waals surface area contributed by atoms with Gasteiger partial charge in [-0.05, 0) is 17.7 Å². The Morgan fingerprint density at radius 1 is 1.25 bits per heavy atom. The Morgan fingerprint density at radius 2 is 1.90 bits per heavy atom. The lowest BCUT2D eigenvalue weighted by atomic mass is 9.81. The molecule has 3 nitrogen and oxygen atoms in total. The minimum absolute atomic E-state index is 0.0881. The third-order valence-corrected chi connectivity index (χ3v) is 3.27. The number of nitrogens with zero attached hydrogens (tertiary/aromatic N) is 2. The van der Waals surface area contributed by atoms with Gasteiger partial charge in [0, 0.05) is 49.5 Å². The highest BCUT2D eigenvalue weighted by atomic mass is 19.3. The minimum atomic E-state index is -2.50. The van der Waals surface area contributed by atoms with Crippen LogP contribution >= 0.6 is 0 Å². The molecule has 2 heterocycles. The number of rotatable bonds is 3. The summed E-state index contributed by atoms with van der Waals surface area (Å²) in [6.07, 6.45) is 5.74. The summed E-state index contributed by atoms with van der Waals surface area (Å²) in [5.41, 5.74) is 2.07. The van der Waals surface area contributed by atoms with E-state index < -0.39 is 5.92 Å². The van der Waals surface area contributed by atoms with Crippen LogP contribution in [0.3, 0.4) is 0 Å². The largest absolute Gasteiger partial charge is 0.345 e. The van der Waals surface area contributed by atoms with Gasteiger partial charge in [-0.1, -0.05) is 13.8 Å². The molecule has 20 heavy (non-hydrogen) atoms. The van der Waals surface area contributed by atoms with E-state index in [2.05, 4.69) is 15.0 Å². The number of aromatic nitrogens is 3. The Bertz CT molecular complexity index is 529. The first-order valence-electron chi connectivity index (χ1n) is 6.93. The normalized spacial score (nSPS) is 17.0. The number of hydrogen-bond acceptors (Lipinski definition) is 2. The first kappa shape index (κ1) is 14.6. The predicted molar refractivity (Wildman–Crippen MR) is 73.9 cm³/mol. The maximum absolute atomic E-state index is 12.8. The maximum atomic E-state index is 12.8. The number of nitrogens with one attached hydrogen (secondary N) is 1. The molecule has 1 fully saturated rings. The molecule has 108 valence electrons. The fourth-order valence-corrected chi connectivity index (χ4v) is 2.25. The first-order chi connectivity index (χ1) is 9.62. The molecule has 0 amide bonds. The van der Waals surface area contributed by atoms with Crippen molar-refractivity contribution in [2.75, 3.05) is 0 Å². The van der Waals surface area contributed by atoms with Crippen LogP contribution in [0.25, 0.3) is 0 Å². The van der Waals surface area contributed by atoms with Gasteiger partial charge in [0.1, 0.15) is 5.82 Å². The van der Waals surface area contributed by atoms with Crippen molar-refractivity contribution < 1.29 is 8.78 Å². The van der Waals surface area contributed by atoms with Crippen molar-refractivity contribution in [2.24, 2.45) is 0 Å². The van der Waals surface area contributed by atoms with E-state index in [9.17, 15) is 8.78 Å². The molecule has 1 N–H and O–H groups in total. The zero-order chi connectivity index (χ0) is 14.6. The molecule has 0 saturated heterocycles. The van der Waals surface area contributed by atoms with E-state index >= 15 is 0 Å². The fourth-order valence-electron chi connectivity index (χ4n) is 2.25. The zero-order valence-corrected chi connectivity index (χ0v) is 11.7. The average Bonchev–Trinajstić information content (AvgIpc) is 2.88. The summed E-state index contributed by atoms with van der Waals surface area (Å²) in [5, 5.41) is 0. The van der Waals surface area contributed by atoms with Gasteiger partial charge < -0.3 is 4.98 Å². The Morgan fingerprint density at radius 3 is 2.50 bits per heavy atom. The lowest BCUT2D eigenvalue weighted by Gasteiger charge is -2.33. The monoisotopic (exact) mass is 279 g/mol. The average molecular weight is 279 g/mol. The van der Waals surface area contributed by atoms with Gasteiger partial charge in [0.2, 0.25) is 5.92 Å². The first-order valence-corrected chi connectivity index (χ1v) is 6.93. The molecule has 1 saturated carbocycles. The molecule has 1 aliphatic carbocycles. The van der Waals surface area contributed by atoms with E-state index in [0.29, 0.717) is 5.82 Å². The fraction of sp³-hybridized carbons (Fsp3) is 0.467. The number of aromatic amines is 1. The number of H-pyrrole nitrogens is 1. The van der Waals surface area contributed by atoms with Gasteiger partial charge in [-0.15, -0.1) is 0 Å². The minimum Gasteiger partial charge on any atom is -0.345 e. The summed E-state index contributed by atoms with van der Waals surface area (Å²) in [4.78, 5) is 11.3. The number of pyridine rings is 1. The Hall–Kier alpha value is -1.78. The summed E-state index contributed by atoms with van der Waals surface area (Å²) in [6.45, 7) is 4.00. The van der Waals surface area contributed by atoms with Crippen LogP contribution < -0.4 is 0 Å². The van der Waals surface area contributed by atoms with Gasteiger partial charge in [-0.2, -0.15) is 0 Å². The van der Waals surface area contributed by atoms with E-state index in [0.717, 1.165) is 17.7 Å². The Kier molecular flexibility index (Phi) is 4.47. The SMILES string of the molecule is CC.FC1(F)CC(c2ncc(Cc3ccncc3)[nH]2)C1. The maximum Gasteiger partial charge on any atom is 0.249 e. The standard InChI is InChI=1S/C13H13F2N3.C2H6/c14-13(15)6-10(7-13)12-17-8-11(18-12)5-9-1-3-16-4-2-9;1-2/h1-4,8,10H,5-7H2,(H,17,18);1-2H3. The molecule has 0 bridgehead atoms. The van der Waals surface area contributed by atoms with Gasteiger partial charge in [0.15, 0.2) is 0 Å². The van der Waals surface area contributed by atoms with Crippen molar-refractivity contribution in [3.8, 4) is 0 Å². The van der Waals surface area contributed by atoms with Crippen LogP contribution in [0.15, 0.2) is 30.7 Å². The van der Waals surface area contributed by atoms with Gasteiger partial charge in [-0.25, -0.2) is 13.8 Å². The zero-order valence-electron chi connectivity index (χ0n) is 11.7. The second kappa shape index (κ2) is 6.11. The van der Waals surface area contributed by atoms with E-state index in [1.807, 2.05) is 26.0 Å². The van der Waals surface area contributed by atoms with E-state index in [1.165, 1.54) is 0 Å². The van der Waals surface area contributed by atoms with Gasteiger partial charge in [0.25, 0.3) is 0 Å². The topological polar surface area (TPSA) is 41.6 Å². The molecule has 0 aliphatic heterocycles. The van der Waals surface area contributed by atoms with Gasteiger partial charge in [0.05, 0.1) is 0 Å². The molecular weight excluding hydrogens is 260 g/mol.